The Morgan fingerprint density at radius 3 is 2.83 bits per heavy atom. The maximum atomic E-state index is 11.7. The highest BCUT2D eigenvalue weighted by Crippen LogP contribution is 2.29. The van der Waals surface area contributed by atoms with Gasteiger partial charge in [0.05, 0.1) is 6.33 Å². The number of aromatic amines is 1. The molecular formula is C12H17N3O3. The van der Waals surface area contributed by atoms with E-state index in [1.165, 1.54) is 12.7 Å². The third-order valence-corrected chi connectivity index (χ3v) is 3.31. The molecule has 0 spiro atoms. The molecule has 1 aliphatic carbocycles. The molecule has 6 heteroatoms. The Labute approximate surface area is 105 Å². The number of carbonyl (C=O) groups is 2. The van der Waals surface area contributed by atoms with Gasteiger partial charge in [-0.15, -0.1) is 0 Å². The predicted molar refractivity (Wildman–Crippen MR) is 63.8 cm³/mol. The number of nitrogens with zero attached hydrogens (tertiary/aromatic N) is 1. The van der Waals surface area contributed by atoms with E-state index < -0.39 is 12.0 Å². The lowest BCUT2D eigenvalue weighted by atomic mass is 9.83. The molecule has 0 bridgehead atoms. The molecule has 0 aliphatic heterocycles. The average Bonchev–Trinajstić information content (AvgIpc) is 2.75. The molecule has 0 unspecified atom stereocenters. The zero-order chi connectivity index (χ0) is 13.0. The zero-order valence-corrected chi connectivity index (χ0v) is 10.1. The molecule has 18 heavy (non-hydrogen) atoms. The van der Waals surface area contributed by atoms with Crippen LogP contribution in [0.4, 0.5) is 0 Å². The summed E-state index contributed by atoms with van der Waals surface area (Å²) in [5, 5.41) is 11.6. The van der Waals surface area contributed by atoms with Gasteiger partial charge >= 0.3 is 5.97 Å². The van der Waals surface area contributed by atoms with E-state index in [1.54, 1.807) is 6.20 Å². The Balaban J connectivity index is 1.85. The van der Waals surface area contributed by atoms with Crippen LogP contribution in [0.2, 0.25) is 0 Å². The Morgan fingerprint density at radius 1 is 1.56 bits per heavy atom. The van der Waals surface area contributed by atoms with Gasteiger partial charge in [0.2, 0.25) is 5.91 Å². The Hall–Kier alpha value is -1.85. The monoisotopic (exact) mass is 251 g/mol. The van der Waals surface area contributed by atoms with Gasteiger partial charge in [0.25, 0.3) is 0 Å². The lowest BCUT2D eigenvalue weighted by Gasteiger charge is -2.25. The fourth-order valence-corrected chi connectivity index (χ4v) is 2.03. The number of carbonyl (C=O) groups excluding carboxylic acids is 1. The van der Waals surface area contributed by atoms with E-state index in [2.05, 4.69) is 15.3 Å². The van der Waals surface area contributed by atoms with Crippen molar-refractivity contribution in [2.45, 2.75) is 38.1 Å². The highest BCUT2D eigenvalue weighted by molar-refractivity contribution is 5.83. The molecule has 1 aromatic rings. The minimum atomic E-state index is -1.02. The van der Waals surface area contributed by atoms with Crippen LogP contribution in [0.25, 0.3) is 0 Å². The molecule has 6 nitrogen and oxygen atoms in total. The highest BCUT2D eigenvalue weighted by atomic mass is 16.4. The quantitative estimate of drug-likeness (QED) is 0.694. The van der Waals surface area contributed by atoms with Gasteiger partial charge in [0.1, 0.15) is 6.04 Å². The second-order valence-corrected chi connectivity index (χ2v) is 4.74. The largest absolute Gasteiger partial charge is 0.480 e. The van der Waals surface area contributed by atoms with Crippen molar-refractivity contribution in [3.63, 3.8) is 0 Å². The summed E-state index contributed by atoms with van der Waals surface area (Å²) in [5.74, 6) is -0.759. The van der Waals surface area contributed by atoms with Crippen LogP contribution in [0.3, 0.4) is 0 Å². The number of aliphatic carboxylic acids is 1. The number of hydrogen-bond acceptors (Lipinski definition) is 3. The number of imidazole rings is 1. The first-order valence-corrected chi connectivity index (χ1v) is 6.14. The van der Waals surface area contributed by atoms with E-state index in [9.17, 15) is 9.59 Å². The van der Waals surface area contributed by atoms with Crippen molar-refractivity contribution >= 4 is 11.9 Å². The number of H-pyrrole nitrogens is 1. The van der Waals surface area contributed by atoms with Crippen LogP contribution in [-0.2, 0) is 16.0 Å². The number of carboxylic acids is 1. The predicted octanol–water partition coefficient (Wildman–Crippen LogP) is 0.712. The molecule has 1 fully saturated rings. The molecule has 1 aromatic heterocycles. The van der Waals surface area contributed by atoms with Crippen LogP contribution in [0.15, 0.2) is 12.5 Å². The minimum absolute atomic E-state index is 0.174. The third kappa shape index (κ3) is 3.32. The lowest BCUT2D eigenvalue weighted by molar-refractivity contribution is -0.142. The highest BCUT2D eigenvalue weighted by Gasteiger charge is 2.25. The summed E-state index contributed by atoms with van der Waals surface area (Å²) >= 11 is 0. The Morgan fingerprint density at radius 2 is 2.33 bits per heavy atom. The van der Waals surface area contributed by atoms with Gasteiger partial charge in [0.15, 0.2) is 0 Å². The smallest absolute Gasteiger partial charge is 0.326 e. The zero-order valence-electron chi connectivity index (χ0n) is 10.1. The van der Waals surface area contributed by atoms with Crippen molar-refractivity contribution in [3.8, 4) is 0 Å². The fraction of sp³-hybridized carbons (Fsp3) is 0.583. The summed E-state index contributed by atoms with van der Waals surface area (Å²) < 4.78 is 0. The normalized spacial score (nSPS) is 16.9. The van der Waals surface area contributed by atoms with Crippen molar-refractivity contribution in [1.82, 2.24) is 15.3 Å². The van der Waals surface area contributed by atoms with Crippen LogP contribution in [0.1, 0.15) is 31.4 Å². The van der Waals surface area contributed by atoms with Crippen molar-refractivity contribution in [3.05, 3.63) is 18.2 Å². The molecule has 1 saturated carbocycles. The van der Waals surface area contributed by atoms with Gasteiger partial charge in [-0.3, -0.25) is 4.79 Å². The SMILES string of the molecule is O=C(CC1CCC1)N[C@@H](Cc1cnc[nH]1)C(=O)O. The second-order valence-electron chi connectivity index (χ2n) is 4.74. The van der Waals surface area contributed by atoms with Crippen molar-refractivity contribution in [2.24, 2.45) is 5.92 Å². The minimum Gasteiger partial charge on any atom is -0.480 e. The maximum absolute atomic E-state index is 11.7. The standard InChI is InChI=1S/C12H17N3O3/c16-11(4-8-2-1-3-8)15-10(12(17)18)5-9-6-13-7-14-9/h6-8,10H,1-5H2,(H,13,14)(H,15,16)(H,17,18)/t10-/m0/s1. The molecule has 1 atom stereocenters. The first kappa shape index (κ1) is 12.6. The Kier molecular flexibility index (Phi) is 3.96. The second kappa shape index (κ2) is 5.66. The lowest BCUT2D eigenvalue weighted by Crippen LogP contribution is -2.43. The maximum Gasteiger partial charge on any atom is 0.326 e. The number of aromatic nitrogens is 2. The summed E-state index contributed by atoms with van der Waals surface area (Å²) in [6.45, 7) is 0. The summed E-state index contributed by atoms with van der Waals surface area (Å²) in [4.78, 5) is 29.4. The van der Waals surface area contributed by atoms with E-state index in [1.807, 2.05) is 0 Å². The number of rotatable bonds is 6. The molecule has 1 heterocycles. The van der Waals surface area contributed by atoms with E-state index in [4.69, 9.17) is 5.11 Å². The van der Waals surface area contributed by atoms with E-state index in [0.29, 0.717) is 18.0 Å². The molecule has 98 valence electrons. The van der Waals surface area contributed by atoms with Crippen LogP contribution < -0.4 is 5.32 Å². The molecule has 0 radical (unpaired) electrons. The van der Waals surface area contributed by atoms with Gasteiger partial charge in [0, 0.05) is 24.7 Å². The number of nitrogens with one attached hydrogen (secondary N) is 2. The van der Waals surface area contributed by atoms with Crippen LogP contribution >= 0.6 is 0 Å². The first-order chi connectivity index (χ1) is 8.65. The average molecular weight is 251 g/mol. The molecule has 3 N–H and O–H groups in total. The Bertz CT molecular complexity index is 412. The molecule has 1 amide bonds. The van der Waals surface area contributed by atoms with E-state index >= 15 is 0 Å². The van der Waals surface area contributed by atoms with Crippen LogP contribution in [-0.4, -0.2) is 33.0 Å². The van der Waals surface area contributed by atoms with Gasteiger partial charge in [-0.25, -0.2) is 9.78 Å². The van der Waals surface area contributed by atoms with Crippen molar-refractivity contribution in [1.29, 1.82) is 0 Å². The molecule has 2 rings (SSSR count). The fourth-order valence-electron chi connectivity index (χ4n) is 2.03. The summed E-state index contributed by atoms with van der Waals surface area (Å²) in [5.41, 5.74) is 0.700. The van der Waals surface area contributed by atoms with Crippen LogP contribution in [0, 0.1) is 5.92 Å². The van der Waals surface area contributed by atoms with Crippen molar-refractivity contribution in [2.75, 3.05) is 0 Å². The molecule has 0 aromatic carbocycles. The molecular weight excluding hydrogens is 234 g/mol. The molecule has 0 saturated heterocycles. The molecule has 1 aliphatic rings. The summed E-state index contributed by atoms with van der Waals surface area (Å²) in [6.07, 6.45) is 7.04. The summed E-state index contributed by atoms with van der Waals surface area (Å²) in [7, 11) is 0. The third-order valence-electron chi connectivity index (χ3n) is 3.31. The number of amides is 1. The number of carboxylic acid groups (broad SMARTS) is 1. The van der Waals surface area contributed by atoms with Crippen LogP contribution in [0.5, 0.6) is 0 Å². The van der Waals surface area contributed by atoms with Gasteiger partial charge in [-0.2, -0.15) is 0 Å². The van der Waals surface area contributed by atoms with Crippen molar-refractivity contribution < 1.29 is 14.7 Å². The topological polar surface area (TPSA) is 95.1 Å². The van der Waals surface area contributed by atoms with Gasteiger partial charge in [-0.05, 0) is 18.8 Å². The number of hydrogen-bond donors (Lipinski definition) is 3. The van der Waals surface area contributed by atoms with E-state index in [0.717, 1.165) is 12.8 Å². The summed E-state index contributed by atoms with van der Waals surface area (Å²) in [6, 6.07) is -0.891. The van der Waals surface area contributed by atoms with Gasteiger partial charge in [-0.1, -0.05) is 6.42 Å². The van der Waals surface area contributed by atoms with Gasteiger partial charge < -0.3 is 15.4 Å². The van der Waals surface area contributed by atoms with E-state index in [-0.39, 0.29) is 12.3 Å². The first-order valence-electron chi connectivity index (χ1n) is 6.14.